The Bertz CT molecular complexity index is 2400. The molecule has 4 amide bonds. The van der Waals surface area contributed by atoms with Gasteiger partial charge < -0.3 is 32.7 Å². The fourth-order valence-electron chi connectivity index (χ4n) is 4.33. The summed E-state index contributed by atoms with van der Waals surface area (Å²) >= 11 is 0. The van der Waals surface area contributed by atoms with Crippen LogP contribution in [0.5, 0.6) is 0 Å². The van der Waals surface area contributed by atoms with Gasteiger partial charge in [0.15, 0.2) is 0 Å². The number of urea groups is 2. The summed E-state index contributed by atoms with van der Waals surface area (Å²) in [6.07, 6.45) is 1.61. The molecule has 0 aliphatic carbocycles. The molecule has 274 valence electrons. The number of nitrogen functional groups attached to an aromatic ring is 2. The van der Waals surface area contributed by atoms with Crippen LogP contribution in [0.25, 0.3) is 0 Å². The molecule has 0 bridgehead atoms. The zero-order valence-corrected chi connectivity index (χ0v) is 28.3. The Morgan fingerprint density at radius 3 is 1.44 bits per heavy atom. The molecule has 0 spiro atoms. The number of para-hydroxylation sites is 1. The van der Waals surface area contributed by atoms with E-state index in [1.807, 2.05) is 0 Å². The first-order chi connectivity index (χ1) is 26.4. The standard InChI is InChI=1S/C20H14F3N5O.C19H14FN5O/c21-20(22,23)15-6-8-16(9-7-15)27-19(29)28-17-3-1-2-13(10-17)4-5-14-11-25-18(24)26-12-14;20-16-6-1-2-7-17(16)25-19(26)24-15-5-3-4-13(10-15)8-9-14-11-22-18(21)23-12-14/h1-3,6-12H,(H2,24,25,26)(H2,27,28,29);1-7,10-12H,(H2,21,22,23)(H2,24,25,26). The van der Waals surface area contributed by atoms with Crippen LogP contribution in [-0.4, -0.2) is 32.0 Å². The molecule has 4 aromatic carbocycles. The van der Waals surface area contributed by atoms with Crippen LogP contribution in [0.4, 0.5) is 61.8 Å². The van der Waals surface area contributed by atoms with Gasteiger partial charge in [-0.2, -0.15) is 13.2 Å². The zero-order chi connectivity index (χ0) is 39.2. The lowest BCUT2D eigenvalue weighted by atomic mass is 10.2. The van der Waals surface area contributed by atoms with Crippen LogP contribution >= 0.6 is 0 Å². The molecule has 12 nitrogen and oxygen atoms in total. The van der Waals surface area contributed by atoms with Crippen molar-refractivity contribution in [1.29, 1.82) is 0 Å². The van der Waals surface area contributed by atoms with Gasteiger partial charge in [0.25, 0.3) is 0 Å². The molecule has 6 rings (SSSR count). The van der Waals surface area contributed by atoms with E-state index >= 15 is 0 Å². The highest BCUT2D eigenvalue weighted by Crippen LogP contribution is 2.30. The molecule has 0 fully saturated rings. The van der Waals surface area contributed by atoms with Gasteiger partial charge in [-0.25, -0.2) is 33.9 Å². The average molecular weight is 745 g/mol. The second-order valence-electron chi connectivity index (χ2n) is 11.0. The highest BCUT2D eigenvalue weighted by Gasteiger charge is 2.30. The number of rotatable bonds is 4. The van der Waals surface area contributed by atoms with E-state index in [2.05, 4.69) is 64.9 Å². The maximum atomic E-state index is 13.6. The van der Waals surface area contributed by atoms with Crippen molar-refractivity contribution in [3.8, 4) is 23.7 Å². The summed E-state index contributed by atoms with van der Waals surface area (Å²) in [7, 11) is 0. The van der Waals surface area contributed by atoms with E-state index in [1.54, 1.807) is 60.7 Å². The molecule has 55 heavy (non-hydrogen) atoms. The molecule has 0 aliphatic rings. The number of nitrogens with two attached hydrogens (primary N) is 2. The predicted octanol–water partition coefficient (Wildman–Crippen LogP) is 7.36. The Hall–Kier alpha value is -7.98. The molecule has 0 saturated carbocycles. The number of hydrogen-bond acceptors (Lipinski definition) is 8. The van der Waals surface area contributed by atoms with E-state index in [-0.39, 0.29) is 23.3 Å². The van der Waals surface area contributed by atoms with Crippen LogP contribution in [0.2, 0.25) is 0 Å². The van der Waals surface area contributed by atoms with Gasteiger partial charge in [-0.3, -0.25) is 0 Å². The molecule has 0 saturated heterocycles. The Balaban J connectivity index is 0.000000212. The van der Waals surface area contributed by atoms with Crippen LogP contribution in [-0.2, 0) is 6.18 Å². The molecule has 16 heteroatoms. The molecule has 0 radical (unpaired) electrons. The maximum Gasteiger partial charge on any atom is 0.416 e. The van der Waals surface area contributed by atoms with Crippen LogP contribution in [0.1, 0.15) is 27.8 Å². The Morgan fingerprint density at radius 1 is 0.527 bits per heavy atom. The van der Waals surface area contributed by atoms with E-state index in [1.165, 1.54) is 49.1 Å². The number of alkyl halides is 3. The highest BCUT2D eigenvalue weighted by atomic mass is 19.4. The summed E-state index contributed by atoms with van der Waals surface area (Å²) in [4.78, 5) is 39.5. The first-order valence-corrected chi connectivity index (χ1v) is 15.9. The molecule has 2 heterocycles. The number of halogens is 4. The lowest BCUT2D eigenvalue weighted by molar-refractivity contribution is -0.137. The molecule has 2 aromatic heterocycles. The number of anilines is 6. The molecular weight excluding hydrogens is 716 g/mol. The van der Waals surface area contributed by atoms with Gasteiger partial charge in [-0.05, 0) is 72.8 Å². The summed E-state index contributed by atoms with van der Waals surface area (Å²) in [5.74, 6) is 11.5. The van der Waals surface area contributed by atoms with Crippen LogP contribution in [0, 0.1) is 29.5 Å². The Labute approximate surface area is 311 Å². The van der Waals surface area contributed by atoms with Crippen LogP contribution in [0.3, 0.4) is 0 Å². The summed E-state index contributed by atoms with van der Waals surface area (Å²) in [5, 5.41) is 10.2. The molecule has 0 unspecified atom stereocenters. The van der Waals surface area contributed by atoms with Crippen molar-refractivity contribution in [2.75, 3.05) is 32.7 Å². The van der Waals surface area contributed by atoms with Crippen molar-refractivity contribution >= 4 is 46.7 Å². The number of amides is 4. The van der Waals surface area contributed by atoms with Gasteiger partial charge in [0, 0.05) is 53.0 Å². The quantitative estimate of drug-likeness (QED) is 0.0798. The van der Waals surface area contributed by atoms with Crippen molar-refractivity contribution < 1.29 is 27.2 Å². The summed E-state index contributed by atoms with van der Waals surface area (Å²) < 4.78 is 51.3. The molecule has 0 atom stereocenters. The number of nitrogens with zero attached hydrogens (tertiary/aromatic N) is 4. The van der Waals surface area contributed by atoms with Gasteiger partial charge in [0.1, 0.15) is 5.82 Å². The van der Waals surface area contributed by atoms with Gasteiger partial charge in [-0.15, -0.1) is 0 Å². The van der Waals surface area contributed by atoms with Crippen LogP contribution < -0.4 is 32.7 Å². The maximum absolute atomic E-state index is 13.6. The first kappa shape index (κ1) is 38.3. The summed E-state index contributed by atoms with van der Waals surface area (Å²) in [6, 6.07) is 22.7. The lowest BCUT2D eigenvalue weighted by Gasteiger charge is -2.10. The van der Waals surface area contributed by atoms with E-state index in [4.69, 9.17) is 11.5 Å². The van der Waals surface area contributed by atoms with E-state index in [0.29, 0.717) is 33.6 Å². The third-order valence-corrected chi connectivity index (χ3v) is 6.88. The van der Waals surface area contributed by atoms with Gasteiger partial charge >= 0.3 is 18.2 Å². The topological polar surface area (TPSA) is 186 Å². The predicted molar refractivity (Wildman–Crippen MR) is 201 cm³/mol. The third kappa shape index (κ3) is 12.3. The highest BCUT2D eigenvalue weighted by molar-refractivity contribution is 6.00. The minimum atomic E-state index is -4.43. The zero-order valence-electron chi connectivity index (χ0n) is 28.3. The Kier molecular flexibility index (Phi) is 12.5. The normalized spacial score (nSPS) is 10.2. The van der Waals surface area contributed by atoms with Crippen molar-refractivity contribution in [2.24, 2.45) is 0 Å². The average Bonchev–Trinajstić information content (AvgIpc) is 3.16. The second kappa shape index (κ2) is 18.0. The fraction of sp³-hybridized carbons (Fsp3) is 0.0256. The monoisotopic (exact) mass is 744 g/mol. The molecule has 6 aromatic rings. The summed E-state index contributed by atoms with van der Waals surface area (Å²) in [6.45, 7) is 0. The lowest BCUT2D eigenvalue weighted by Crippen LogP contribution is -2.20. The SMILES string of the molecule is Nc1ncc(C#Cc2cccc(NC(=O)Nc3ccc(C(F)(F)F)cc3)c2)cn1.Nc1ncc(C#Cc2cccc(NC(=O)Nc3ccccc3F)c2)cn1. The van der Waals surface area contributed by atoms with Gasteiger partial charge in [0.2, 0.25) is 11.9 Å². The molecule has 0 aliphatic heterocycles. The van der Waals surface area contributed by atoms with Gasteiger partial charge in [-0.1, -0.05) is 47.9 Å². The molecular formula is C39H28F4N10O2. The van der Waals surface area contributed by atoms with E-state index in [9.17, 15) is 27.2 Å². The second-order valence-corrected chi connectivity index (χ2v) is 11.0. The third-order valence-electron chi connectivity index (χ3n) is 6.88. The fourth-order valence-corrected chi connectivity index (χ4v) is 4.33. The number of nitrogens with one attached hydrogen (secondary N) is 4. The van der Waals surface area contributed by atoms with Crippen molar-refractivity contribution in [1.82, 2.24) is 19.9 Å². The number of benzene rings is 4. The Morgan fingerprint density at radius 2 is 0.964 bits per heavy atom. The molecule has 8 N–H and O–H groups in total. The number of carbonyl (C=O) groups is 2. The van der Waals surface area contributed by atoms with Crippen LogP contribution in [0.15, 0.2) is 122 Å². The first-order valence-electron chi connectivity index (χ1n) is 15.9. The van der Waals surface area contributed by atoms with Crippen molar-refractivity contribution in [3.05, 3.63) is 155 Å². The minimum Gasteiger partial charge on any atom is -0.368 e. The summed E-state index contributed by atoms with van der Waals surface area (Å²) in [5.41, 5.74) is 13.9. The number of aromatic nitrogens is 4. The number of hydrogen-bond donors (Lipinski definition) is 6. The van der Waals surface area contributed by atoms with E-state index in [0.717, 1.165) is 12.1 Å². The van der Waals surface area contributed by atoms with Crippen molar-refractivity contribution in [2.45, 2.75) is 6.18 Å². The van der Waals surface area contributed by atoms with E-state index < -0.39 is 29.6 Å². The smallest absolute Gasteiger partial charge is 0.368 e. The minimum absolute atomic E-state index is 0.101. The number of carbonyl (C=O) groups excluding carboxylic acids is 2. The van der Waals surface area contributed by atoms with Gasteiger partial charge in [0.05, 0.1) is 22.4 Å². The largest absolute Gasteiger partial charge is 0.416 e. The van der Waals surface area contributed by atoms with Crippen molar-refractivity contribution in [3.63, 3.8) is 0 Å².